The third-order valence-electron chi connectivity index (χ3n) is 12.0. The van der Waals surface area contributed by atoms with Crippen molar-refractivity contribution in [2.45, 2.75) is 102 Å². The van der Waals surface area contributed by atoms with Crippen LogP contribution in [0.4, 0.5) is 0 Å². The summed E-state index contributed by atoms with van der Waals surface area (Å²) in [5.74, 6) is 4.89. The summed E-state index contributed by atoms with van der Waals surface area (Å²) in [6, 6.07) is 0.355. The van der Waals surface area contributed by atoms with Crippen molar-refractivity contribution < 1.29 is 15.3 Å². The molecule has 2 saturated heterocycles. The van der Waals surface area contributed by atoms with Gasteiger partial charge in [-0.15, -0.1) is 0 Å². The Bertz CT molecular complexity index is 711. The van der Waals surface area contributed by atoms with Gasteiger partial charge in [-0.2, -0.15) is 0 Å². The van der Waals surface area contributed by atoms with Gasteiger partial charge in [0.05, 0.1) is 17.8 Å². The van der Waals surface area contributed by atoms with Gasteiger partial charge in [-0.25, -0.2) is 0 Å². The number of piperidine rings is 2. The number of nitrogens with zero attached hydrogens (tertiary/aromatic N) is 1. The van der Waals surface area contributed by atoms with E-state index in [9.17, 15) is 15.3 Å². The maximum absolute atomic E-state index is 11.8. The molecule has 3 unspecified atom stereocenters. The first-order valence-corrected chi connectivity index (χ1v) is 13.5. The summed E-state index contributed by atoms with van der Waals surface area (Å²) in [6.07, 6.45) is 9.43. The van der Waals surface area contributed by atoms with E-state index in [1.165, 1.54) is 32.2 Å². The molecule has 2 aliphatic heterocycles. The average Bonchev–Trinajstić information content (AvgIpc) is 3.09. The highest BCUT2D eigenvalue weighted by atomic mass is 16.3. The Kier molecular flexibility index (Phi) is 4.94. The molecule has 0 spiro atoms. The minimum absolute atomic E-state index is 0.188. The van der Waals surface area contributed by atoms with Crippen molar-refractivity contribution in [3.8, 4) is 0 Å². The van der Waals surface area contributed by atoms with Crippen LogP contribution in [0.5, 0.6) is 0 Å². The van der Waals surface area contributed by atoms with Crippen molar-refractivity contribution in [3.63, 3.8) is 0 Å². The Hall–Kier alpha value is -0.160. The van der Waals surface area contributed by atoms with E-state index in [0.717, 1.165) is 50.5 Å². The highest BCUT2D eigenvalue weighted by molar-refractivity contribution is 5.14. The lowest BCUT2D eigenvalue weighted by atomic mass is 9.51. The van der Waals surface area contributed by atoms with E-state index in [1.807, 2.05) is 0 Å². The first-order chi connectivity index (χ1) is 14.7. The van der Waals surface area contributed by atoms with Crippen LogP contribution in [-0.4, -0.2) is 57.2 Å². The number of aliphatic hydroxyl groups is 3. The van der Waals surface area contributed by atoms with Gasteiger partial charge in [-0.3, -0.25) is 4.90 Å². The van der Waals surface area contributed by atoms with Crippen molar-refractivity contribution >= 4 is 0 Å². The molecule has 13 atom stereocenters. The van der Waals surface area contributed by atoms with Crippen LogP contribution in [0.1, 0.15) is 78.6 Å². The normalized spacial score (nSPS) is 61.5. The second kappa shape index (κ2) is 7.17. The molecule has 0 aromatic heterocycles. The molecule has 6 aliphatic rings. The fraction of sp³-hybridized carbons (Fsp3) is 1.00. The minimum atomic E-state index is -0.553. The van der Waals surface area contributed by atoms with Crippen molar-refractivity contribution in [1.29, 1.82) is 0 Å². The number of rotatable bonds is 0. The molecule has 6 fully saturated rings. The zero-order valence-corrected chi connectivity index (χ0v) is 19.9. The number of aliphatic hydroxyl groups excluding tert-OH is 2. The Morgan fingerprint density at radius 2 is 1.55 bits per heavy atom. The van der Waals surface area contributed by atoms with E-state index in [2.05, 4.69) is 25.7 Å². The van der Waals surface area contributed by atoms with Crippen molar-refractivity contribution in [2.24, 2.45) is 52.8 Å². The summed E-state index contributed by atoms with van der Waals surface area (Å²) in [7, 11) is 0. The van der Waals surface area contributed by atoms with Crippen LogP contribution in [0.25, 0.3) is 0 Å². The van der Waals surface area contributed by atoms with Crippen LogP contribution in [-0.2, 0) is 0 Å². The average molecular weight is 432 g/mol. The zero-order chi connectivity index (χ0) is 21.7. The summed E-state index contributed by atoms with van der Waals surface area (Å²) in [5, 5.41) is 33.3. The van der Waals surface area contributed by atoms with Crippen LogP contribution in [0.3, 0.4) is 0 Å². The lowest BCUT2D eigenvalue weighted by molar-refractivity contribution is -0.176. The van der Waals surface area contributed by atoms with Crippen LogP contribution in [0, 0.1) is 52.8 Å². The topological polar surface area (TPSA) is 63.9 Å². The van der Waals surface area contributed by atoms with Crippen molar-refractivity contribution in [3.05, 3.63) is 0 Å². The highest BCUT2D eigenvalue weighted by Gasteiger charge is 2.64. The van der Waals surface area contributed by atoms with E-state index in [-0.39, 0.29) is 23.5 Å². The molecule has 0 bridgehead atoms. The van der Waals surface area contributed by atoms with Crippen LogP contribution in [0.15, 0.2) is 0 Å². The molecule has 0 aromatic rings. The quantitative estimate of drug-likeness (QED) is 0.547. The summed E-state index contributed by atoms with van der Waals surface area (Å²) < 4.78 is 0. The van der Waals surface area contributed by atoms with Gasteiger partial charge in [0.25, 0.3) is 0 Å². The molecule has 4 heteroatoms. The Morgan fingerprint density at radius 1 is 0.742 bits per heavy atom. The largest absolute Gasteiger partial charge is 0.393 e. The van der Waals surface area contributed by atoms with Crippen LogP contribution in [0.2, 0.25) is 0 Å². The molecule has 176 valence electrons. The molecule has 4 saturated carbocycles. The number of hydrogen-bond acceptors (Lipinski definition) is 4. The standard InChI is InChI=1S/C27H45NO3/c1-15-4-7-25-27(3,31)21-6-5-17-18(20(21)14-28(25)13-15)11-22-19(17)12-24(30)23-10-16(29)8-9-26(22,23)2/h15-25,29-31H,4-14H2,1-3H3/t15?,16?,17-,18-,19-,20-,21+,22+,23+,24?,25+,26+,27-/m0/s1. The maximum atomic E-state index is 11.8. The molecule has 4 aliphatic carbocycles. The van der Waals surface area contributed by atoms with Crippen LogP contribution >= 0.6 is 0 Å². The molecule has 6 rings (SSSR count). The molecule has 0 radical (unpaired) electrons. The second-order valence-corrected chi connectivity index (χ2v) is 13.4. The monoisotopic (exact) mass is 431 g/mol. The SMILES string of the molecule is CC1CC[C@H]2N(C1)C[C@H]1[C@H]3C[C@@H]4[C@@H](CC(O)[C@H]5CC(O)CC[C@@]54C)[C@H]3CC[C@H]1[C@]2(C)O. The second-order valence-electron chi connectivity index (χ2n) is 13.4. The molecule has 0 amide bonds. The van der Waals surface area contributed by atoms with Gasteiger partial charge >= 0.3 is 0 Å². The molecule has 3 N–H and O–H groups in total. The summed E-state index contributed by atoms with van der Waals surface area (Å²) in [5.41, 5.74) is -0.365. The van der Waals surface area contributed by atoms with Gasteiger partial charge in [0, 0.05) is 19.1 Å². The van der Waals surface area contributed by atoms with Crippen molar-refractivity contribution in [1.82, 2.24) is 4.90 Å². The molecule has 4 nitrogen and oxygen atoms in total. The van der Waals surface area contributed by atoms with E-state index < -0.39 is 5.60 Å². The van der Waals surface area contributed by atoms with E-state index in [0.29, 0.717) is 35.6 Å². The maximum Gasteiger partial charge on any atom is 0.0805 e. The Balaban J connectivity index is 1.30. The zero-order valence-electron chi connectivity index (χ0n) is 19.9. The van der Waals surface area contributed by atoms with E-state index >= 15 is 0 Å². The third-order valence-corrected chi connectivity index (χ3v) is 12.0. The fourth-order valence-corrected chi connectivity index (χ4v) is 10.6. The van der Waals surface area contributed by atoms with Gasteiger partial charge in [0.15, 0.2) is 0 Å². The van der Waals surface area contributed by atoms with Crippen LogP contribution < -0.4 is 0 Å². The molecule has 0 aromatic carbocycles. The van der Waals surface area contributed by atoms with Gasteiger partial charge in [-0.1, -0.05) is 13.8 Å². The third kappa shape index (κ3) is 3.00. The van der Waals surface area contributed by atoms with Gasteiger partial charge in [0.2, 0.25) is 0 Å². The lowest BCUT2D eigenvalue weighted by Gasteiger charge is -2.60. The lowest BCUT2D eigenvalue weighted by Crippen LogP contribution is -2.67. The highest BCUT2D eigenvalue weighted by Crippen LogP contribution is 2.67. The molecular weight excluding hydrogens is 386 g/mol. The smallest absolute Gasteiger partial charge is 0.0805 e. The minimum Gasteiger partial charge on any atom is -0.393 e. The fourth-order valence-electron chi connectivity index (χ4n) is 10.6. The van der Waals surface area contributed by atoms with Gasteiger partial charge in [0.1, 0.15) is 0 Å². The Labute approximate surface area is 188 Å². The van der Waals surface area contributed by atoms with Gasteiger partial charge < -0.3 is 15.3 Å². The van der Waals surface area contributed by atoms with Crippen molar-refractivity contribution in [2.75, 3.05) is 13.1 Å². The first kappa shape index (κ1) is 21.4. The Morgan fingerprint density at radius 3 is 2.35 bits per heavy atom. The summed E-state index contributed by atoms with van der Waals surface area (Å²) in [4.78, 5) is 2.68. The van der Waals surface area contributed by atoms with Gasteiger partial charge in [-0.05, 0) is 117 Å². The predicted octanol–water partition coefficient (Wildman–Crippen LogP) is 3.68. The van der Waals surface area contributed by atoms with E-state index in [1.54, 1.807) is 0 Å². The first-order valence-electron chi connectivity index (χ1n) is 13.5. The predicted molar refractivity (Wildman–Crippen MR) is 121 cm³/mol. The van der Waals surface area contributed by atoms with E-state index in [4.69, 9.17) is 0 Å². The summed E-state index contributed by atoms with van der Waals surface area (Å²) >= 11 is 0. The molecule has 2 heterocycles. The molecule has 31 heavy (non-hydrogen) atoms. The number of hydrogen-bond donors (Lipinski definition) is 3. The number of fused-ring (bicyclic) bond motifs is 8. The summed E-state index contributed by atoms with van der Waals surface area (Å²) in [6.45, 7) is 9.36. The molecular formula is C27H45NO3.